The lowest BCUT2D eigenvalue weighted by atomic mass is 9.68. The van der Waals surface area contributed by atoms with Crippen molar-refractivity contribution in [3.05, 3.63) is 88.4 Å². The van der Waals surface area contributed by atoms with Crippen molar-refractivity contribution in [2.75, 3.05) is 4.90 Å². The van der Waals surface area contributed by atoms with Gasteiger partial charge in [0.2, 0.25) is 0 Å². The van der Waals surface area contributed by atoms with Crippen LogP contribution in [0.15, 0.2) is 71.2 Å². The van der Waals surface area contributed by atoms with Gasteiger partial charge in [0.05, 0.1) is 17.6 Å². The molecule has 152 valence electrons. The van der Waals surface area contributed by atoms with E-state index < -0.39 is 23.0 Å². The molecule has 1 aliphatic heterocycles. The summed E-state index contributed by atoms with van der Waals surface area (Å²) in [5.74, 6) is -2.48. The zero-order valence-corrected chi connectivity index (χ0v) is 16.7. The van der Waals surface area contributed by atoms with Gasteiger partial charge < -0.3 is 5.73 Å². The van der Waals surface area contributed by atoms with Crippen molar-refractivity contribution in [2.45, 2.75) is 32.6 Å². The van der Waals surface area contributed by atoms with Crippen molar-refractivity contribution in [1.29, 1.82) is 5.26 Å². The Kier molecular flexibility index (Phi) is 4.70. The van der Waals surface area contributed by atoms with Crippen LogP contribution < -0.4 is 10.6 Å². The average Bonchev–Trinajstić information content (AvgIpc) is 2.68. The minimum absolute atomic E-state index is 0.0559. The van der Waals surface area contributed by atoms with Crippen LogP contribution in [0, 0.1) is 28.4 Å². The lowest BCUT2D eigenvalue weighted by molar-refractivity contribution is -0.118. The first-order valence-corrected chi connectivity index (χ1v) is 9.70. The number of nitrogens with two attached hydrogens (primary N) is 1. The molecule has 0 amide bonds. The van der Waals surface area contributed by atoms with E-state index in [-0.39, 0.29) is 29.3 Å². The summed E-state index contributed by atoms with van der Waals surface area (Å²) in [6, 6.07) is 14.8. The third-order valence-electron chi connectivity index (χ3n) is 5.68. The number of benzene rings is 2. The predicted octanol–water partition coefficient (Wildman–Crippen LogP) is 4.91. The number of allylic oxidation sites excluding steroid dienone is 3. The smallest absolute Gasteiger partial charge is 0.162 e. The molecule has 2 aromatic carbocycles. The summed E-state index contributed by atoms with van der Waals surface area (Å²) in [7, 11) is 0. The Morgan fingerprint density at radius 1 is 1.07 bits per heavy atom. The Bertz CT molecular complexity index is 1120. The van der Waals surface area contributed by atoms with Gasteiger partial charge in [-0.2, -0.15) is 5.26 Å². The fourth-order valence-corrected chi connectivity index (χ4v) is 4.45. The summed E-state index contributed by atoms with van der Waals surface area (Å²) < 4.78 is 29.5. The van der Waals surface area contributed by atoms with Crippen molar-refractivity contribution < 1.29 is 13.6 Å². The van der Waals surface area contributed by atoms with Crippen LogP contribution in [0.5, 0.6) is 0 Å². The third-order valence-corrected chi connectivity index (χ3v) is 5.68. The average molecular weight is 405 g/mol. The lowest BCUT2D eigenvalue weighted by Gasteiger charge is -2.43. The van der Waals surface area contributed by atoms with E-state index in [2.05, 4.69) is 6.07 Å². The van der Waals surface area contributed by atoms with Gasteiger partial charge in [0.25, 0.3) is 0 Å². The molecule has 6 heteroatoms. The molecule has 0 aromatic heterocycles. The number of carbonyl (C=O) groups is 1. The second kappa shape index (κ2) is 7.10. The Morgan fingerprint density at radius 2 is 1.70 bits per heavy atom. The number of Topliss-reactive ketones (excluding diaryl/α,β-unsaturated/α-hetero) is 1. The molecule has 0 saturated heterocycles. The molecule has 30 heavy (non-hydrogen) atoms. The molecule has 2 aliphatic rings. The number of hydrogen-bond acceptors (Lipinski definition) is 4. The van der Waals surface area contributed by atoms with E-state index in [1.807, 2.05) is 44.2 Å². The van der Waals surface area contributed by atoms with Gasteiger partial charge in [-0.3, -0.25) is 9.69 Å². The van der Waals surface area contributed by atoms with E-state index in [0.29, 0.717) is 17.7 Å². The van der Waals surface area contributed by atoms with Crippen LogP contribution in [-0.2, 0) is 4.79 Å². The maximum absolute atomic E-state index is 14.8. The van der Waals surface area contributed by atoms with Crippen molar-refractivity contribution in [2.24, 2.45) is 11.1 Å². The molecule has 0 spiro atoms. The fourth-order valence-electron chi connectivity index (χ4n) is 4.45. The third kappa shape index (κ3) is 3.07. The van der Waals surface area contributed by atoms with Gasteiger partial charge in [0.15, 0.2) is 5.78 Å². The SMILES string of the molecule is CC1(C)CC(=O)C2=C(C1)N(c1c(F)cccc1F)C(N)=C(C#N)C2c1ccccc1. The zero-order valence-electron chi connectivity index (χ0n) is 16.7. The largest absolute Gasteiger partial charge is 0.384 e. The number of anilines is 1. The Balaban J connectivity index is 2.05. The molecular weight excluding hydrogens is 384 g/mol. The van der Waals surface area contributed by atoms with E-state index in [1.165, 1.54) is 11.0 Å². The number of nitriles is 1. The molecule has 1 atom stereocenters. The van der Waals surface area contributed by atoms with Crippen LogP contribution in [-0.4, -0.2) is 5.78 Å². The molecule has 4 nitrogen and oxygen atoms in total. The fraction of sp³-hybridized carbons (Fsp3) is 0.250. The summed E-state index contributed by atoms with van der Waals surface area (Å²) in [5, 5.41) is 9.94. The van der Waals surface area contributed by atoms with Gasteiger partial charge in [-0.25, -0.2) is 8.78 Å². The lowest BCUT2D eigenvalue weighted by Crippen LogP contribution is -2.42. The first-order chi connectivity index (χ1) is 14.2. The summed E-state index contributed by atoms with van der Waals surface area (Å²) in [4.78, 5) is 14.5. The highest BCUT2D eigenvalue weighted by Crippen LogP contribution is 2.50. The molecule has 1 aliphatic carbocycles. The number of nitrogens with zero attached hydrogens (tertiary/aromatic N) is 2. The predicted molar refractivity (Wildman–Crippen MR) is 110 cm³/mol. The van der Waals surface area contributed by atoms with Crippen molar-refractivity contribution in [3.63, 3.8) is 0 Å². The number of halogens is 2. The Hall–Kier alpha value is -3.46. The normalized spacial score (nSPS) is 20.8. The minimum atomic E-state index is -0.809. The molecule has 4 rings (SSSR count). The summed E-state index contributed by atoms with van der Waals surface area (Å²) in [6.45, 7) is 3.86. The maximum Gasteiger partial charge on any atom is 0.162 e. The second-order valence-corrected chi connectivity index (χ2v) is 8.46. The van der Waals surface area contributed by atoms with Gasteiger partial charge in [-0.1, -0.05) is 50.2 Å². The molecule has 1 unspecified atom stereocenters. The van der Waals surface area contributed by atoms with Crippen molar-refractivity contribution in [1.82, 2.24) is 0 Å². The van der Waals surface area contributed by atoms with Gasteiger partial charge in [0, 0.05) is 17.7 Å². The number of para-hydroxylation sites is 1. The van der Waals surface area contributed by atoms with Crippen LogP contribution >= 0.6 is 0 Å². The maximum atomic E-state index is 14.8. The monoisotopic (exact) mass is 405 g/mol. The highest BCUT2D eigenvalue weighted by atomic mass is 19.1. The quantitative estimate of drug-likeness (QED) is 0.771. The molecule has 1 heterocycles. The summed E-state index contributed by atoms with van der Waals surface area (Å²) in [6.07, 6.45) is 0.673. The van der Waals surface area contributed by atoms with Gasteiger partial charge in [-0.15, -0.1) is 0 Å². The van der Waals surface area contributed by atoms with Gasteiger partial charge in [-0.05, 0) is 29.5 Å². The van der Waals surface area contributed by atoms with Gasteiger partial charge >= 0.3 is 0 Å². The standard InChI is InChI=1S/C24H21F2N3O/c1-24(2)11-18-21(19(30)12-24)20(14-7-4-3-5-8-14)15(13-27)23(28)29(18)22-16(25)9-6-10-17(22)26/h3-10,20H,11-12,28H2,1-2H3. The Morgan fingerprint density at radius 3 is 2.30 bits per heavy atom. The first-order valence-electron chi connectivity index (χ1n) is 9.70. The van der Waals surface area contributed by atoms with E-state index in [4.69, 9.17) is 5.73 Å². The second-order valence-electron chi connectivity index (χ2n) is 8.46. The number of carbonyl (C=O) groups excluding carboxylic acids is 1. The van der Waals surface area contributed by atoms with E-state index in [9.17, 15) is 18.8 Å². The van der Waals surface area contributed by atoms with Crippen LogP contribution in [0.25, 0.3) is 0 Å². The number of hydrogen-bond donors (Lipinski definition) is 1. The molecule has 2 N–H and O–H groups in total. The molecule has 0 saturated carbocycles. The van der Waals surface area contributed by atoms with Crippen molar-refractivity contribution in [3.8, 4) is 6.07 Å². The van der Waals surface area contributed by atoms with Crippen molar-refractivity contribution >= 4 is 11.5 Å². The van der Waals surface area contributed by atoms with E-state index in [0.717, 1.165) is 17.7 Å². The highest BCUT2D eigenvalue weighted by molar-refractivity contribution is 6.01. The zero-order chi connectivity index (χ0) is 21.6. The molecule has 2 aromatic rings. The van der Waals surface area contributed by atoms with Crippen LogP contribution in [0.3, 0.4) is 0 Å². The molecule has 0 bridgehead atoms. The summed E-state index contributed by atoms with van der Waals surface area (Å²) >= 11 is 0. The highest BCUT2D eigenvalue weighted by Gasteiger charge is 2.45. The number of ketones is 1. The van der Waals surface area contributed by atoms with E-state index in [1.54, 1.807) is 0 Å². The van der Waals surface area contributed by atoms with Crippen LogP contribution in [0.1, 0.15) is 38.2 Å². The topological polar surface area (TPSA) is 70.1 Å². The van der Waals surface area contributed by atoms with Gasteiger partial charge in [0.1, 0.15) is 23.1 Å². The minimum Gasteiger partial charge on any atom is -0.384 e. The van der Waals surface area contributed by atoms with Crippen LogP contribution in [0.2, 0.25) is 0 Å². The summed E-state index contributed by atoms with van der Waals surface area (Å²) in [5.41, 5.74) is 7.28. The van der Waals surface area contributed by atoms with E-state index >= 15 is 0 Å². The number of rotatable bonds is 2. The molecule has 0 radical (unpaired) electrons. The van der Waals surface area contributed by atoms with Crippen LogP contribution in [0.4, 0.5) is 14.5 Å². The Labute approximate surface area is 173 Å². The first kappa shape index (κ1) is 19.8. The molecular formula is C24H21F2N3O. The molecule has 0 fully saturated rings.